The van der Waals surface area contributed by atoms with E-state index in [4.69, 9.17) is 4.74 Å². The molecular weight excluding hydrogens is 314 g/mol. The second-order valence-corrected chi connectivity index (χ2v) is 5.94. The number of benzene rings is 2. The third kappa shape index (κ3) is 3.10. The Morgan fingerprint density at radius 3 is 2.80 bits per heavy atom. The van der Waals surface area contributed by atoms with E-state index >= 15 is 0 Å². The minimum absolute atomic E-state index is 0.535. The number of aryl methyl sites for hydroxylation is 2. The Bertz CT molecular complexity index is 1040. The molecule has 1 N–H and O–H groups in total. The van der Waals surface area contributed by atoms with E-state index in [1.165, 1.54) is 5.56 Å². The fourth-order valence-corrected chi connectivity index (χ4v) is 2.81. The number of ether oxygens (including phenoxy) is 1. The minimum atomic E-state index is 0.535. The number of anilines is 1. The molecule has 0 fully saturated rings. The maximum atomic E-state index is 5.78. The standard InChI is InChI=1S/C19H19N5O/c1-13-6-5-7-15(12-13)25-11-10-20-19-22-17-9-4-3-8-16(17)18-21-14(2)23-24(18)19/h3-9,12H,10-11H2,1-2H3,(H,20,22). The van der Waals surface area contributed by atoms with Gasteiger partial charge in [0.1, 0.15) is 18.2 Å². The van der Waals surface area contributed by atoms with Gasteiger partial charge in [-0.2, -0.15) is 4.52 Å². The highest BCUT2D eigenvalue weighted by atomic mass is 16.5. The third-order valence-corrected chi connectivity index (χ3v) is 3.93. The molecule has 6 nitrogen and oxygen atoms in total. The van der Waals surface area contributed by atoms with Crippen LogP contribution < -0.4 is 10.1 Å². The van der Waals surface area contributed by atoms with Gasteiger partial charge < -0.3 is 10.1 Å². The number of nitrogens with zero attached hydrogens (tertiary/aromatic N) is 4. The van der Waals surface area contributed by atoms with Crippen molar-refractivity contribution in [2.24, 2.45) is 0 Å². The summed E-state index contributed by atoms with van der Waals surface area (Å²) in [6.07, 6.45) is 0. The summed E-state index contributed by atoms with van der Waals surface area (Å²) in [5, 5.41) is 8.74. The van der Waals surface area contributed by atoms with E-state index < -0.39 is 0 Å². The third-order valence-electron chi connectivity index (χ3n) is 3.93. The summed E-state index contributed by atoms with van der Waals surface area (Å²) in [6, 6.07) is 16.0. The molecule has 4 rings (SSSR count). The van der Waals surface area contributed by atoms with Crippen molar-refractivity contribution in [3.8, 4) is 5.75 Å². The molecule has 4 aromatic rings. The van der Waals surface area contributed by atoms with Crippen LogP contribution in [0.15, 0.2) is 48.5 Å². The molecule has 6 heteroatoms. The highest BCUT2D eigenvalue weighted by Crippen LogP contribution is 2.20. The van der Waals surface area contributed by atoms with Gasteiger partial charge in [0.15, 0.2) is 5.65 Å². The van der Waals surface area contributed by atoms with Gasteiger partial charge in [-0.3, -0.25) is 0 Å². The average Bonchev–Trinajstić information content (AvgIpc) is 3.01. The van der Waals surface area contributed by atoms with E-state index in [0.717, 1.165) is 28.1 Å². The first-order valence-electron chi connectivity index (χ1n) is 8.26. The molecule has 126 valence electrons. The lowest BCUT2D eigenvalue weighted by atomic mass is 10.2. The molecule has 0 aliphatic carbocycles. The Morgan fingerprint density at radius 1 is 1.04 bits per heavy atom. The molecule has 25 heavy (non-hydrogen) atoms. The van der Waals surface area contributed by atoms with Crippen LogP contribution in [0.25, 0.3) is 16.6 Å². The lowest BCUT2D eigenvalue weighted by Crippen LogP contribution is -2.15. The van der Waals surface area contributed by atoms with Crippen LogP contribution in [0.4, 0.5) is 5.95 Å². The van der Waals surface area contributed by atoms with Crippen LogP contribution >= 0.6 is 0 Å². The second kappa shape index (κ2) is 6.39. The predicted octanol–water partition coefficient (Wildman–Crippen LogP) is 3.39. The van der Waals surface area contributed by atoms with Crippen molar-refractivity contribution >= 4 is 22.5 Å². The summed E-state index contributed by atoms with van der Waals surface area (Å²) in [4.78, 5) is 9.20. The Balaban J connectivity index is 1.54. The molecule has 2 heterocycles. The molecule has 2 aromatic heterocycles. The smallest absolute Gasteiger partial charge is 0.226 e. The van der Waals surface area contributed by atoms with Gasteiger partial charge in [0.25, 0.3) is 0 Å². The normalized spacial score (nSPS) is 11.1. The highest BCUT2D eigenvalue weighted by molar-refractivity contribution is 5.92. The first-order valence-corrected chi connectivity index (χ1v) is 8.26. The second-order valence-electron chi connectivity index (χ2n) is 5.94. The van der Waals surface area contributed by atoms with E-state index in [-0.39, 0.29) is 0 Å². The van der Waals surface area contributed by atoms with Crippen LogP contribution in [0.5, 0.6) is 5.75 Å². The van der Waals surface area contributed by atoms with Gasteiger partial charge >= 0.3 is 0 Å². The van der Waals surface area contributed by atoms with Crippen molar-refractivity contribution in [2.45, 2.75) is 13.8 Å². The summed E-state index contributed by atoms with van der Waals surface area (Å²) in [7, 11) is 0. The van der Waals surface area contributed by atoms with Crippen LogP contribution in [0.1, 0.15) is 11.4 Å². The Hall–Kier alpha value is -3.15. The van der Waals surface area contributed by atoms with Crippen LogP contribution in [0.3, 0.4) is 0 Å². The van der Waals surface area contributed by atoms with Crippen LogP contribution in [-0.4, -0.2) is 32.7 Å². The highest BCUT2D eigenvalue weighted by Gasteiger charge is 2.11. The maximum absolute atomic E-state index is 5.78. The zero-order valence-corrected chi connectivity index (χ0v) is 14.2. The van der Waals surface area contributed by atoms with E-state index in [1.807, 2.05) is 62.4 Å². The Labute approximate surface area is 145 Å². The monoisotopic (exact) mass is 333 g/mol. The number of aromatic nitrogens is 4. The fraction of sp³-hybridized carbons (Fsp3) is 0.211. The number of para-hydroxylation sites is 1. The van der Waals surface area contributed by atoms with Crippen LogP contribution in [0.2, 0.25) is 0 Å². The number of fused-ring (bicyclic) bond motifs is 3. The zero-order chi connectivity index (χ0) is 17.2. The molecule has 0 bridgehead atoms. The van der Waals surface area contributed by atoms with Crippen molar-refractivity contribution < 1.29 is 4.74 Å². The van der Waals surface area contributed by atoms with Crippen LogP contribution in [-0.2, 0) is 0 Å². The number of hydrogen-bond donors (Lipinski definition) is 1. The summed E-state index contributed by atoms with van der Waals surface area (Å²) in [5.41, 5.74) is 2.89. The summed E-state index contributed by atoms with van der Waals surface area (Å²) >= 11 is 0. The fourth-order valence-electron chi connectivity index (χ4n) is 2.81. The minimum Gasteiger partial charge on any atom is -0.492 e. The first kappa shape index (κ1) is 15.4. The SMILES string of the molecule is Cc1cccc(OCCNc2nc3ccccc3c3nc(C)nn23)c1. The van der Waals surface area contributed by atoms with Gasteiger partial charge in [-0.05, 0) is 43.7 Å². The predicted molar refractivity (Wildman–Crippen MR) is 98.2 cm³/mol. The molecule has 0 spiro atoms. The van der Waals surface area contributed by atoms with E-state index in [0.29, 0.717) is 19.1 Å². The van der Waals surface area contributed by atoms with Gasteiger partial charge in [0.2, 0.25) is 5.95 Å². The number of rotatable bonds is 5. The van der Waals surface area contributed by atoms with Crippen molar-refractivity contribution in [1.82, 2.24) is 19.6 Å². The number of nitrogens with one attached hydrogen (secondary N) is 1. The Kier molecular flexibility index (Phi) is 3.93. The van der Waals surface area contributed by atoms with Crippen molar-refractivity contribution in [3.05, 3.63) is 59.9 Å². The topological polar surface area (TPSA) is 64.3 Å². The molecule has 0 unspecified atom stereocenters. The lowest BCUT2D eigenvalue weighted by Gasteiger charge is -2.10. The zero-order valence-electron chi connectivity index (χ0n) is 14.2. The van der Waals surface area contributed by atoms with Crippen molar-refractivity contribution in [1.29, 1.82) is 0 Å². The maximum Gasteiger partial charge on any atom is 0.226 e. The summed E-state index contributed by atoms with van der Waals surface area (Å²) in [5.74, 6) is 2.26. The summed E-state index contributed by atoms with van der Waals surface area (Å²) in [6.45, 7) is 5.08. The molecule has 0 aliphatic rings. The summed E-state index contributed by atoms with van der Waals surface area (Å²) < 4.78 is 7.53. The van der Waals surface area contributed by atoms with Gasteiger partial charge in [0.05, 0.1) is 12.1 Å². The van der Waals surface area contributed by atoms with Gasteiger partial charge in [-0.1, -0.05) is 24.3 Å². The molecule has 0 atom stereocenters. The molecule has 0 amide bonds. The molecule has 0 aliphatic heterocycles. The van der Waals surface area contributed by atoms with Gasteiger partial charge in [-0.25, -0.2) is 9.97 Å². The first-order chi connectivity index (χ1) is 12.2. The lowest BCUT2D eigenvalue weighted by molar-refractivity contribution is 0.332. The van der Waals surface area contributed by atoms with E-state index in [1.54, 1.807) is 4.52 Å². The molecular formula is C19H19N5O. The molecule has 0 saturated carbocycles. The largest absolute Gasteiger partial charge is 0.492 e. The van der Waals surface area contributed by atoms with Crippen molar-refractivity contribution in [3.63, 3.8) is 0 Å². The molecule has 0 saturated heterocycles. The molecule has 0 radical (unpaired) electrons. The van der Waals surface area contributed by atoms with Crippen molar-refractivity contribution in [2.75, 3.05) is 18.5 Å². The Morgan fingerprint density at radius 2 is 1.92 bits per heavy atom. The van der Waals surface area contributed by atoms with E-state index in [2.05, 4.69) is 20.4 Å². The van der Waals surface area contributed by atoms with Crippen LogP contribution in [0, 0.1) is 13.8 Å². The van der Waals surface area contributed by atoms with Gasteiger partial charge in [0, 0.05) is 5.39 Å². The van der Waals surface area contributed by atoms with E-state index in [9.17, 15) is 0 Å². The average molecular weight is 333 g/mol. The quantitative estimate of drug-likeness (QED) is 0.567. The molecule has 2 aromatic carbocycles. The van der Waals surface area contributed by atoms with Gasteiger partial charge in [-0.15, -0.1) is 5.10 Å². The number of hydrogen-bond acceptors (Lipinski definition) is 5.